The first-order chi connectivity index (χ1) is 13.2. The molecule has 0 radical (unpaired) electrons. The number of ether oxygens (including phenoxy) is 1. The van der Waals surface area contributed by atoms with Gasteiger partial charge in [0.25, 0.3) is 0 Å². The molecule has 0 aliphatic heterocycles. The minimum atomic E-state index is 0.566. The highest BCUT2D eigenvalue weighted by molar-refractivity contribution is 7.11. The third kappa shape index (κ3) is 4.84. The molecule has 3 nitrogen and oxygen atoms in total. The van der Waals surface area contributed by atoms with Crippen LogP contribution in [0.1, 0.15) is 35.9 Å². The molecule has 0 fully saturated rings. The number of nitriles is 1. The number of benzene rings is 2. The lowest BCUT2D eigenvalue weighted by molar-refractivity contribution is 0.415. The van der Waals surface area contributed by atoms with Gasteiger partial charge in [-0.3, -0.25) is 0 Å². The molecule has 136 valence electrons. The van der Waals surface area contributed by atoms with Gasteiger partial charge in [0, 0.05) is 10.9 Å². The van der Waals surface area contributed by atoms with Crippen LogP contribution in [0.4, 0.5) is 0 Å². The number of allylic oxidation sites excluding steroid dienone is 1. The summed E-state index contributed by atoms with van der Waals surface area (Å²) in [6.07, 6.45) is 5.38. The van der Waals surface area contributed by atoms with Gasteiger partial charge >= 0.3 is 0 Å². The average molecular weight is 375 g/mol. The van der Waals surface area contributed by atoms with Crippen molar-refractivity contribution >= 4 is 23.0 Å². The van der Waals surface area contributed by atoms with E-state index in [2.05, 4.69) is 42.2 Å². The molecule has 0 bridgehead atoms. The van der Waals surface area contributed by atoms with Gasteiger partial charge in [0.1, 0.15) is 16.8 Å². The molecule has 0 aliphatic carbocycles. The van der Waals surface area contributed by atoms with Crippen LogP contribution in [0.5, 0.6) is 5.75 Å². The highest BCUT2D eigenvalue weighted by Crippen LogP contribution is 2.28. The molecular weight excluding hydrogens is 352 g/mol. The van der Waals surface area contributed by atoms with Gasteiger partial charge in [-0.2, -0.15) is 5.26 Å². The van der Waals surface area contributed by atoms with Crippen LogP contribution in [0.2, 0.25) is 0 Å². The molecule has 0 saturated heterocycles. The minimum Gasteiger partial charge on any atom is -0.497 e. The Labute approximate surface area is 164 Å². The van der Waals surface area contributed by atoms with E-state index in [1.54, 1.807) is 7.11 Å². The summed E-state index contributed by atoms with van der Waals surface area (Å²) in [5.74, 6) is 0.796. The molecule has 1 heterocycles. The van der Waals surface area contributed by atoms with Crippen LogP contribution in [0, 0.1) is 11.3 Å². The highest BCUT2D eigenvalue weighted by atomic mass is 32.1. The van der Waals surface area contributed by atoms with Crippen molar-refractivity contribution < 1.29 is 4.74 Å². The van der Waals surface area contributed by atoms with E-state index in [0.717, 1.165) is 34.0 Å². The number of unbranched alkanes of at least 4 members (excludes halogenated alkanes) is 1. The van der Waals surface area contributed by atoms with Crippen LogP contribution in [0.15, 0.2) is 53.9 Å². The number of aryl methyl sites for hydroxylation is 1. The van der Waals surface area contributed by atoms with Crippen LogP contribution in [0.3, 0.4) is 0 Å². The second-order valence-corrected chi connectivity index (χ2v) is 7.14. The van der Waals surface area contributed by atoms with Crippen molar-refractivity contribution in [1.82, 2.24) is 4.98 Å². The van der Waals surface area contributed by atoms with Crippen molar-refractivity contribution in [2.24, 2.45) is 0 Å². The largest absolute Gasteiger partial charge is 0.497 e. The lowest BCUT2D eigenvalue weighted by atomic mass is 10.1. The van der Waals surface area contributed by atoms with Crippen LogP contribution in [-0.2, 0) is 6.42 Å². The fourth-order valence-corrected chi connectivity index (χ4v) is 3.56. The summed E-state index contributed by atoms with van der Waals surface area (Å²) in [6, 6.07) is 18.5. The van der Waals surface area contributed by atoms with Crippen LogP contribution < -0.4 is 4.74 Å². The third-order valence-corrected chi connectivity index (χ3v) is 5.23. The molecule has 0 N–H and O–H groups in total. The third-order valence-electron chi connectivity index (χ3n) is 4.35. The molecule has 3 aromatic rings. The predicted molar refractivity (Wildman–Crippen MR) is 113 cm³/mol. The van der Waals surface area contributed by atoms with E-state index in [0.29, 0.717) is 5.57 Å². The Hall–Kier alpha value is -2.90. The van der Waals surface area contributed by atoms with E-state index >= 15 is 0 Å². The summed E-state index contributed by atoms with van der Waals surface area (Å²) in [7, 11) is 1.64. The number of hydrogen-bond acceptors (Lipinski definition) is 4. The summed E-state index contributed by atoms with van der Waals surface area (Å²) < 4.78 is 5.17. The fraction of sp³-hybridized carbons (Fsp3) is 0.217. The second-order valence-electron chi connectivity index (χ2n) is 6.28. The molecular formula is C23H22N2OS. The molecule has 0 aliphatic rings. The van der Waals surface area contributed by atoms with Gasteiger partial charge in [-0.15, -0.1) is 11.3 Å². The number of rotatable bonds is 7. The number of methoxy groups -OCH3 is 1. The van der Waals surface area contributed by atoms with Crippen molar-refractivity contribution in [3.63, 3.8) is 0 Å². The van der Waals surface area contributed by atoms with Gasteiger partial charge in [0.15, 0.2) is 0 Å². The standard InChI is InChI=1S/C23H22N2OS/c1-3-4-5-17-6-10-19(11-7-17)22-16-27-23(25-22)20(15-24)14-18-8-12-21(26-2)13-9-18/h6-14,16H,3-5H2,1-2H3. The van der Waals surface area contributed by atoms with Gasteiger partial charge < -0.3 is 4.74 Å². The van der Waals surface area contributed by atoms with Crippen LogP contribution in [0.25, 0.3) is 22.9 Å². The van der Waals surface area contributed by atoms with E-state index in [1.807, 2.05) is 35.7 Å². The summed E-state index contributed by atoms with van der Waals surface area (Å²) in [5, 5.41) is 12.3. The molecule has 0 spiro atoms. The van der Waals surface area contributed by atoms with Gasteiger partial charge in [0.2, 0.25) is 0 Å². The Balaban J connectivity index is 1.80. The van der Waals surface area contributed by atoms with Crippen molar-refractivity contribution in [1.29, 1.82) is 5.26 Å². The van der Waals surface area contributed by atoms with Crippen molar-refractivity contribution in [3.8, 4) is 23.1 Å². The second kappa shape index (κ2) is 9.16. The van der Waals surface area contributed by atoms with E-state index in [-0.39, 0.29) is 0 Å². The van der Waals surface area contributed by atoms with Gasteiger partial charge in [-0.25, -0.2) is 4.98 Å². The smallest absolute Gasteiger partial charge is 0.134 e. The Morgan fingerprint density at radius 2 is 1.89 bits per heavy atom. The lowest BCUT2D eigenvalue weighted by Gasteiger charge is -2.02. The molecule has 3 rings (SSSR count). The van der Waals surface area contributed by atoms with Gasteiger partial charge in [-0.05, 0) is 42.2 Å². The molecule has 0 saturated carbocycles. The summed E-state index contributed by atoms with van der Waals surface area (Å²) >= 11 is 1.50. The summed E-state index contributed by atoms with van der Waals surface area (Å²) in [4.78, 5) is 4.68. The number of thiazole rings is 1. The maximum absolute atomic E-state index is 9.56. The molecule has 1 aromatic heterocycles. The molecule has 0 unspecified atom stereocenters. The predicted octanol–water partition coefficient (Wildman–Crippen LogP) is 6.23. The quantitative estimate of drug-likeness (QED) is 0.461. The Morgan fingerprint density at radius 1 is 1.15 bits per heavy atom. The average Bonchev–Trinajstić information content (AvgIpc) is 3.21. The van der Waals surface area contributed by atoms with E-state index in [1.165, 1.54) is 29.7 Å². The Bertz CT molecular complexity index is 947. The van der Waals surface area contributed by atoms with Crippen molar-refractivity contribution in [3.05, 3.63) is 70.0 Å². The summed E-state index contributed by atoms with van der Waals surface area (Å²) in [6.45, 7) is 2.21. The number of hydrogen-bond donors (Lipinski definition) is 0. The van der Waals surface area contributed by atoms with Crippen molar-refractivity contribution in [2.45, 2.75) is 26.2 Å². The molecule has 0 amide bonds. The molecule has 27 heavy (non-hydrogen) atoms. The fourth-order valence-electron chi connectivity index (χ4n) is 2.76. The maximum atomic E-state index is 9.56. The number of aromatic nitrogens is 1. The highest BCUT2D eigenvalue weighted by Gasteiger charge is 2.09. The first-order valence-electron chi connectivity index (χ1n) is 9.04. The zero-order chi connectivity index (χ0) is 19.1. The monoisotopic (exact) mass is 374 g/mol. The van der Waals surface area contributed by atoms with Crippen LogP contribution >= 0.6 is 11.3 Å². The van der Waals surface area contributed by atoms with Gasteiger partial charge in [0.05, 0.1) is 18.4 Å². The number of nitrogens with zero attached hydrogens (tertiary/aromatic N) is 2. The zero-order valence-electron chi connectivity index (χ0n) is 15.6. The summed E-state index contributed by atoms with van der Waals surface area (Å²) in [5.41, 5.74) is 4.86. The topological polar surface area (TPSA) is 45.9 Å². The SMILES string of the molecule is CCCCc1ccc(-c2csc(C(C#N)=Cc3ccc(OC)cc3)n2)cc1. The molecule has 2 aromatic carbocycles. The Morgan fingerprint density at radius 3 is 2.52 bits per heavy atom. The first-order valence-corrected chi connectivity index (χ1v) is 9.92. The van der Waals surface area contributed by atoms with E-state index in [4.69, 9.17) is 4.74 Å². The van der Waals surface area contributed by atoms with E-state index < -0.39 is 0 Å². The minimum absolute atomic E-state index is 0.566. The van der Waals surface area contributed by atoms with Gasteiger partial charge in [-0.1, -0.05) is 49.7 Å². The normalized spacial score (nSPS) is 11.2. The van der Waals surface area contributed by atoms with Crippen LogP contribution in [-0.4, -0.2) is 12.1 Å². The Kier molecular flexibility index (Phi) is 6.40. The van der Waals surface area contributed by atoms with Crippen molar-refractivity contribution in [2.75, 3.05) is 7.11 Å². The zero-order valence-corrected chi connectivity index (χ0v) is 16.4. The lowest BCUT2D eigenvalue weighted by Crippen LogP contribution is -1.86. The van der Waals surface area contributed by atoms with E-state index in [9.17, 15) is 5.26 Å². The first kappa shape index (κ1) is 18.9. The molecule has 0 atom stereocenters. The molecule has 4 heteroatoms. The maximum Gasteiger partial charge on any atom is 0.134 e.